The van der Waals surface area contributed by atoms with Crippen LogP contribution in [0.1, 0.15) is 78.1 Å². The number of nitrogens with zero attached hydrogens (tertiary/aromatic N) is 1. The molecule has 2 fully saturated rings. The maximum Gasteiger partial charge on any atom is 0.0642 e. The lowest BCUT2D eigenvalue weighted by Crippen LogP contribution is -2.33. The lowest BCUT2D eigenvalue weighted by molar-refractivity contribution is 0.135. The molecule has 1 heteroatoms. The van der Waals surface area contributed by atoms with E-state index in [1.165, 1.54) is 81.1 Å². The minimum Gasteiger partial charge on any atom is -0.284 e. The van der Waals surface area contributed by atoms with Crippen LogP contribution in [0.2, 0.25) is 0 Å². The van der Waals surface area contributed by atoms with Crippen molar-refractivity contribution in [3.63, 3.8) is 0 Å². The van der Waals surface area contributed by atoms with Gasteiger partial charge in [-0.25, -0.2) is 0 Å². The van der Waals surface area contributed by atoms with Crippen LogP contribution in [0.4, 0.5) is 0 Å². The first kappa shape index (κ1) is 17.7. The van der Waals surface area contributed by atoms with Crippen molar-refractivity contribution in [2.24, 2.45) is 22.2 Å². The lowest BCUT2D eigenvalue weighted by Gasteiger charge is -2.39. The molecule has 0 aromatic carbocycles. The van der Waals surface area contributed by atoms with Gasteiger partial charge in [-0.3, -0.25) is 4.99 Å². The van der Waals surface area contributed by atoms with Gasteiger partial charge in [-0.15, -0.1) is 0 Å². The zero-order valence-electron chi connectivity index (χ0n) is 15.8. The number of hydrogen-bond acceptors (Lipinski definition) is 1. The average Bonchev–Trinajstić information content (AvgIpc) is 3.39. The van der Waals surface area contributed by atoms with Gasteiger partial charge in [-0.2, -0.15) is 0 Å². The molecule has 3 aliphatic rings. The van der Waals surface area contributed by atoms with E-state index in [1.54, 1.807) is 0 Å². The molecule has 1 atom stereocenters. The average molecular weight is 326 g/mol. The number of rotatable bonds is 5. The predicted molar refractivity (Wildman–Crippen MR) is 106 cm³/mol. The second kappa shape index (κ2) is 7.85. The van der Waals surface area contributed by atoms with Crippen LogP contribution in [-0.4, -0.2) is 12.3 Å². The molecule has 0 N–H and O–H groups in total. The van der Waals surface area contributed by atoms with Gasteiger partial charge in [-0.05, 0) is 80.8 Å². The summed E-state index contributed by atoms with van der Waals surface area (Å²) < 4.78 is 0. The fourth-order valence-corrected chi connectivity index (χ4v) is 4.68. The molecule has 1 nitrogen and oxygen atoms in total. The SMILES string of the molecule is C=CC(=C(\C)CC1CC1)/C1=N/CC(C)(C2CCCCC2)CC/C=C\1. The summed E-state index contributed by atoms with van der Waals surface area (Å²) in [6, 6.07) is 0. The highest BCUT2D eigenvalue weighted by atomic mass is 14.8. The van der Waals surface area contributed by atoms with Crippen LogP contribution >= 0.6 is 0 Å². The van der Waals surface area contributed by atoms with Gasteiger partial charge in [0.1, 0.15) is 0 Å². The molecule has 0 spiro atoms. The molecule has 0 amide bonds. The molecular weight excluding hydrogens is 290 g/mol. The van der Waals surface area contributed by atoms with Crippen molar-refractivity contribution in [2.45, 2.75) is 78.1 Å². The summed E-state index contributed by atoms with van der Waals surface area (Å²) in [7, 11) is 0. The molecule has 2 aliphatic carbocycles. The third kappa shape index (κ3) is 4.29. The first-order valence-corrected chi connectivity index (χ1v) is 10.2. The van der Waals surface area contributed by atoms with E-state index in [4.69, 9.17) is 4.99 Å². The summed E-state index contributed by atoms with van der Waals surface area (Å²) in [4.78, 5) is 5.13. The molecule has 0 aromatic heterocycles. The molecule has 3 rings (SSSR count). The molecule has 2 saturated carbocycles. The highest BCUT2D eigenvalue weighted by Crippen LogP contribution is 2.43. The van der Waals surface area contributed by atoms with Crippen LogP contribution in [0.25, 0.3) is 0 Å². The second-order valence-corrected chi connectivity index (χ2v) is 8.68. The monoisotopic (exact) mass is 325 g/mol. The summed E-state index contributed by atoms with van der Waals surface area (Å²) >= 11 is 0. The Hall–Kier alpha value is -1.11. The molecule has 132 valence electrons. The Balaban J connectivity index is 1.79. The van der Waals surface area contributed by atoms with Crippen LogP contribution in [0.5, 0.6) is 0 Å². The van der Waals surface area contributed by atoms with Crippen molar-refractivity contribution >= 4 is 5.71 Å². The van der Waals surface area contributed by atoms with Crippen molar-refractivity contribution in [2.75, 3.05) is 6.54 Å². The maximum atomic E-state index is 5.13. The van der Waals surface area contributed by atoms with Gasteiger partial charge in [0.05, 0.1) is 5.71 Å². The van der Waals surface area contributed by atoms with Crippen LogP contribution in [0.3, 0.4) is 0 Å². The fraction of sp³-hybridized carbons (Fsp3) is 0.696. The molecule has 0 aromatic rings. The summed E-state index contributed by atoms with van der Waals surface area (Å²) in [5, 5.41) is 0. The lowest BCUT2D eigenvalue weighted by atomic mass is 9.67. The van der Waals surface area contributed by atoms with E-state index in [0.29, 0.717) is 5.41 Å². The summed E-state index contributed by atoms with van der Waals surface area (Å²) in [6.45, 7) is 9.86. The Morgan fingerprint density at radius 2 is 2.00 bits per heavy atom. The Morgan fingerprint density at radius 3 is 2.67 bits per heavy atom. The van der Waals surface area contributed by atoms with Gasteiger partial charge in [0.25, 0.3) is 0 Å². The normalized spacial score (nSPS) is 33.7. The van der Waals surface area contributed by atoms with Crippen LogP contribution in [0, 0.1) is 17.3 Å². The van der Waals surface area contributed by atoms with Crippen molar-refractivity contribution in [1.82, 2.24) is 0 Å². The van der Waals surface area contributed by atoms with Crippen molar-refractivity contribution in [1.29, 1.82) is 0 Å². The second-order valence-electron chi connectivity index (χ2n) is 8.68. The maximum absolute atomic E-state index is 5.13. The zero-order valence-corrected chi connectivity index (χ0v) is 15.8. The van der Waals surface area contributed by atoms with E-state index in [0.717, 1.165) is 18.4 Å². The number of aliphatic imine (C=N–C) groups is 1. The van der Waals surface area contributed by atoms with Gasteiger partial charge in [-0.1, -0.05) is 50.5 Å². The number of allylic oxidation sites excluding steroid dienone is 5. The standard InChI is InChI=1S/C23H35N/c1-4-21(18(2)16-19-13-14-19)22-12-8-9-15-23(3,17-24-22)20-10-6-5-7-11-20/h4,8,12,19-20H,1,5-7,9-11,13-17H2,2-3H3/b12-8-,21-18-,24-22+. The van der Waals surface area contributed by atoms with E-state index in [1.807, 2.05) is 6.08 Å². The molecular formula is C23H35N. The minimum atomic E-state index is 0.382. The molecule has 0 radical (unpaired) electrons. The van der Waals surface area contributed by atoms with Crippen molar-refractivity contribution < 1.29 is 0 Å². The molecule has 0 bridgehead atoms. The van der Waals surface area contributed by atoms with Crippen LogP contribution in [0.15, 0.2) is 40.9 Å². The Labute approximate surface area is 149 Å². The Kier molecular flexibility index (Phi) is 5.79. The minimum absolute atomic E-state index is 0.382. The highest BCUT2D eigenvalue weighted by molar-refractivity contribution is 6.10. The quantitative estimate of drug-likeness (QED) is 0.501. The van der Waals surface area contributed by atoms with Gasteiger partial charge in [0, 0.05) is 6.54 Å². The van der Waals surface area contributed by atoms with Gasteiger partial charge < -0.3 is 0 Å². The van der Waals surface area contributed by atoms with Gasteiger partial charge in [0.2, 0.25) is 0 Å². The molecule has 1 heterocycles. The van der Waals surface area contributed by atoms with E-state index in [9.17, 15) is 0 Å². The summed E-state index contributed by atoms with van der Waals surface area (Å²) in [6.07, 6.45) is 20.3. The topological polar surface area (TPSA) is 12.4 Å². The van der Waals surface area contributed by atoms with Crippen molar-refractivity contribution in [3.05, 3.63) is 36.0 Å². The van der Waals surface area contributed by atoms with Gasteiger partial charge >= 0.3 is 0 Å². The Bertz CT molecular complexity index is 540. The first-order valence-electron chi connectivity index (χ1n) is 10.2. The molecule has 1 unspecified atom stereocenters. The number of hydrogen-bond donors (Lipinski definition) is 0. The third-order valence-corrected chi connectivity index (χ3v) is 6.59. The Morgan fingerprint density at radius 1 is 1.25 bits per heavy atom. The smallest absolute Gasteiger partial charge is 0.0642 e. The van der Waals surface area contributed by atoms with E-state index >= 15 is 0 Å². The zero-order chi connectivity index (χ0) is 17.0. The van der Waals surface area contributed by atoms with Gasteiger partial charge in [0.15, 0.2) is 0 Å². The third-order valence-electron chi connectivity index (χ3n) is 6.59. The molecule has 0 saturated heterocycles. The van der Waals surface area contributed by atoms with Crippen LogP contribution in [-0.2, 0) is 0 Å². The van der Waals surface area contributed by atoms with E-state index in [-0.39, 0.29) is 0 Å². The first-order chi connectivity index (χ1) is 11.6. The van der Waals surface area contributed by atoms with Crippen LogP contribution < -0.4 is 0 Å². The van der Waals surface area contributed by atoms with Crippen molar-refractivity contribution in [3.8, 4) is 0 Å². The molecule has 24 heavy (non-hydrogen) atoms. The predicted octanol–water partition coefficient (Wildman–Crippen LogP) is 6.67. The summed E-state index contributed by atoms with van der Waals surface area (Å²) in [5.74, 6) is 1.79. The van der Waals surface area contributed by atoms with E-state index in [2.05, 4.69) is 32.6 Å². The fourth-order valence-electron chi connectivity index (χ4n) is 4.68. The summed E-state index contributed by atoms with van der Waals surface area (Å²) in [5.41, 5.74) is 4.35. The molecule has 1 aliphatic heterocycles. The largest absolute Gasteiger partial charge is 0.284 e. The highest BCUT2D eigenvalue weighted by Gasteiger charge is 2.34. The van der Waals surface area contributed by atoms with E-state index < -0.39 is 0 Å².